The average molecular weight is 603 g/mol. The summed E-state index contributed by atoms with van der Waals surface area (Å²) in [6, 6.07) is 1.84. The van der Waals surface area contributed by atoms with Gasteiger partial charge in [-0.05, 0) is 37.3 Å². The van der Waals surface area contributed by atoms with E-state index in [1.165, 1.54) is 6.92 Å². The largest absolute Gasteiger partial charge is 0.472 e. The van der Waals surface area contributed by atoms with Gasteiger partial charge in [-0.1, -0.05) is 27.7 Å². The molecule has 1 spiro atoms. The molecular weight excluding hydrogens is 560 g/mol. The summed E-state index contributed by atoms with van der Waals surface area (Å²) >= 11 is 0. The van der Waals surface area contributed by atoms with E-state index in [-0.39, 0.29) is 31.5 Å². The Morgan fingerprint density at radius 2 is 1.74 bits per heavy atom. The van der Waals surface area contributed by atoms with Gasteiger partial charge in [0.2, 0.25) is 6.29 Å². The molecule has 7 rings (SSSR count). The van der Waals surface area contributed by atoms with E-state index in [0.29, 0.717) is 6.42 Å². The number of aliphatic hydroxyl groups excluding tert-OH is 3. The third kappa shape index (κ3) is 3.15. The minimum Gasteiger partial charge on any atom is -0.472 e. The van der Waals surface area contributed by atoms with Gasteiger partial charge in [-0.2, -0.15) is 0 Å². The molecule has 11 nitrogen and oxygen atoms in total. The fraction of sp³-hybridized carbons (Fsp3) is 0.781. The number of ether oxygens (including phenoxy) is 4. The Morgan fingerprint density at radius 3 is 2.37 bits per heavy atom. The predicted octanol–water partition coefficient (Wildman–Crippen LogP) is 2.10. The number of hydrogen-bond donors (Lipinski definition) is 3. The summed E-state index contributed by atoms with van der Waals surface area (Å²) in [5.74, 6) is -3.98. The van der Waals surface area contributed by atoms with Gasteiger partial charge in [0.1, 0.15) is 17.8 Å². The number of rotatable bonds is 4. The van der Waals surface area contributed by atoms with E-state index in [9.17, 15) is 29.7 Å². The molecule has 236 valence electrons. The maximum atomic E-state index is 14.8. The summed E-state index contributed by atoms with van der Waals surface area (Å²) in [4.78, 5) is 39.9. The van der Waals surface area contributed by atoms with Crippen LogP contribution in [0.1, 0.15) is 72.3 Å². The first-order chi connectivity index (χ1) is 20.1. The summed E-state index contributed by atoms with van der Waals surface area (Å²) in [7, 11) is 0. The summed E-state index contributed by atoms with van der Waals surface area (Å²) in [5, 5.41) is 36.4. The van der Waals surface area contributed by atoms with Crippen LogP contribution in [0.4, 0.5) is 0 Å². The molecule has 2 aliphatic heterocycles. The molecule has 6 fully saturated rings. The molecule has 1 aromatic rings. The summed E-state index contributed by atoms with van der Waals surface area (Å²) < 4.78 is 29.8. The highest BCUT2D eigenvalue weighted by atomic mass is 16.7. The molecule has 0 aromatic carbocycles. The van der Waals surface area contributed by atoms with E-state index >= 15 is 0 Å². The SMILES string of the molecule is CC(=O)O[C@@H]1C[C@H](O)[C@@]23CO[C@@H](OC(=O)C(C)C)[C@]1(C)[C@@H]2C[C@@H](O)[C@]1(C)[C@@H]3C(=O)[C@H](O)[C@@]2(C)[C@H](c3ccoc3)CC3O[C@@]321. The van der Waals surface area contributed by atoms with Crippen molar-refractivity contribution >= 4 is 17.7 Å². The second-order valence-corrected chi connectivity index (χ2v) is 14.9. The lowest BCUT2D eigenvalue weighted by atomic mass is 9.33. The highest BCUT2D eigenvalue weighted by molar-refractivity contribution is 5.91. The Hall–Kier alpha value is -2.31. The fourth-order valence-electron chi connectivity index (χ4n) is 11.0. The number of Topliss-reactive ketones (excluding diaryl/α,β-unsaturated/α-hetero) is 1. The van der Waals surface area contributed by atoms with Crippen molar-refractivity contribution in [1.29, 1.82) is 0 Å². The van der Waals surface area contributed by atoms with Crippen molar-refractivity contribution in [1.82, 2.24) is 0 Å². The first-order valence-corrected chi connectivity index (χ1v) is 15.4. The first-order valence-electron chi connectivity index (χ1n) is 15.4. The van der Waals surface area contributed by atoms with Crippen molar-refractivity contribution in [3.05, 3.63) is 24.2 Å². The molecule has 0 radical (unpaired) electrons. The second-order valence-electron chi connectivity index (χ2n) is 14.9. The van der Waals surface area contributed by atoms with Gasteiger partial charge in [-0.25, -0.2) is 0 Å². The smallest absolute Gasteiger partial charge is 0.310 e. The van der Waals surface area contributed by atoms with Gasteiger partial charge in [0.25, 0.3) is 0 Å². The number of epoxide rings is 1. The number of carbonyl (C=O) groups excluding carboxylic acids is 3. The highest BCUT2D eigenvalue weighted by Gasteiger charge is 2.92. The minimum atomic E-state index is -1.46. The fourth-order valence-corrected chi connectivity index (χ4v) is 11.0. The highest BCUT2D eigenvalue weighted by Crippen LogP contribution is 2.82. The van der Waals surface area contributed by atoms with Crippen molar-refractivity contribution in [2.45, 2.75) is 109 Å². The molecule has 3 heterocycles. The molecule has 6 aliphatic rings. The van der Waals surface area contributed by atoms with E-state index in [2.05, 4.69) is 0 Å². The third-order valence-electron chi connectivity index (χ3n) is 13.0. The normalized spacial score (nSPS) is 52.9. The number of aliphatic hydroxyl groups is 3. The third-order valence-corrected chi connectivity index (χ3v) is 13.0. The monoisotopic (exact) mass is 602 g/mol. The van der Waals surface area contributed by atoms with Crippen molar-refractivity contribution < 1.29 is 53.1 Å². The van der Waals surface area contributed by atoms with Crippen molar-refractivity contribution in [3.8, 4) is 0 Å². The van der Waals surface area contributed by atoms with E-state index in [1.807, 2.05) is 19.9 Å². The van der Waals surface area contributed by atoms with Crippen LogP contribution in [0.2, 0.25) is 0 Å². The molecule has 43 heavy (non-hydrogen) atoms. The number of ketones is 1. The van der Waals surface area contributed by atoms with Crippen LogP contribution in [0, 0.1) is 39.4 Å². The van der Waals surface area contributed by atoms with Crippen LogP contribution in [0.25, 0.3) is 0 Å². The van der Waals surface area contributed by atoms with Gasteiger partial charge in [0.15, 0.2) is 5.78 Å². The van der Waals surface area contributed by atoms with Gasteiger partial charge >= 0.3 is 11.9 Å². The summed E-state index contributed by atoms with van der Waals surface area (Å²) in [6.45, 7) is 10.0. The lowest BCUT2D eigenvalue weighted by molar-refractivity contribution is -0.374. The van der Waals surface area contributed by atoms with E-state index in [0.717, 1.165) is 5.56 Å². The Kier molecular flexibility index (Phi) is 6.09. The lowest BCUT2D eigenvalue weighted by Gasteiger charge is -2.73. The zero-order valence-electron chi connectivity index (χ0n) is 25.4. The maximum Gasteiger partial charge on any atom is 0.310 e. The molecule has 3 N–H and O–H groups in total. The summed E-state index contributed by atoms with van der Waals surface area (Å²) in [6.07, 6.45) is -2.30. The molecule has 4 aliphatic carbocycles. The van der Waals surface area contributed by atoms with Crippen LogP contribution in [0.5, 0.6) is 0 Å². The number of hydrogen-bond acceptors (Lipinski definition) is 11. The van der Waals surface area contributed by atoms with Crippen molar-refractivity contribution in [3.63, 3.8) is 0 Å². The Labute approximate surface area is 250 Å². The molecule has 4 saturated carbocycles. The minimum absolute atomic E-state index is 0.0239. The molecular formula is C32H42O11. The van der Waals surface area contributed by atoms with Crippen LogP contribution in [0.15, 0.2) is 23.0 Å². The van der Waals surface area contributed by atoms with Crippen molar-refractivity contribution in [2.75, 3.05) is 6.61 Å². The Bertz CT molecular complexity index is 1360. The number of esters is 2. The van der Waals surface area contributed by atoms with Crippen LogP contribution in [-0.4, -0.2) is 82.1 Å². The molecule has 14 atom stereocenters. The standard InChI is InChI=1S/C32H42O11/c1-14(2)26(38)42-27-28(4)18-10-19(34)30(6)24(31(18,13-40-27)20(35)11-21(28)41-15(3)33)23(36)25(37)29(5)17(16-7-8-39-12-16)9-22-32(29,30)43-22/h7-8,12,14,17-22,24-25,27,34-35,37H,9-11,13H2,1-6H3/t17-,18-,19+,20-,21+,22?,24-,25-,27-,28+,29+,30+,31+,32-/m0/s1. The molecule has 2 bridgehead atoms. The van der Waals surface area contributed by atoms with Crippen LogP contribution in [0.3, 0.4) is 0 Å². The lowest BCUT2D eigenvalue weighted by Crippen LogP contribution is -2.82. The quantitative estimate of drug-likeness (QED) is 0.341. The van der Waals surface area contributed by atoms with Gasteiger partial charge in [0.05, 0.1) is 48.8 Å². The maximum absolute atomic E-state index is 14.8. The molecule has 1 aromatic heterocycles. The number of carbonyl (C=O) groups is 3. The molecule has 11 heteroatoms. The van der Waals surface area contributed by atoms with E-state index < -0.39 is 93.4 Å². The molecule has 0 amide bonds. The summed E-state index contributed by atoms with van der Waals surface area (Å²) in [5.41, 5.74) is -4.95. The van der Waals surface area contributed by atoms with Crippen LogP contribution < -0.4 is 0 Å². The van der Waals surface area contributed by atoms with Crippen LogP contribution >= 0.6 is 0 Å². The Balaban J connectivity index is 1.38. The van der Waals surface area contributed by atoms with E-state index in [4.69, 9.17) is 23.4 Å². The first kappa shape index (κ1) is 29.4. The number of fused-ring (bicyclic) bond motifs is 1. The van der Waals surface area contributed by atoms with E-state index in [1.54, 1.807) is 33.3 Å². The molecule has 1 unspecified atom stereocenters. The zero-order chi connectivity index (χ0) is 31.1. The average Bonchev–Trinajstić information content (AvgIpc) is 3.30. The van der Waals surface area contributed by atoms with Gasteiger partial charge in [-0.3, -0.25) is 14.4 Å². The van der Waals surface area contributed by atoms with Gasteiger partial charge in [0, 0.05) is 41.4 Å². The van der Waals surface area contributed by atoms with Gasteiger partial charge < -0.3 is 38.7 Å². The molecule has 2 saturated heterocycles. The predicted molar refractivity (Wildman–Crippen MR) is 146 cm³/mol. The second kappa shape index (κ2) is 8.90. The Morgan fingerprint density at radius 1 is 1.02 bits per heavy atom. The van der Waals surface area contributed by atoms with Crippen LogP contribution in [-0.2, 0) is 33.3 Å². The topological polar surface area (TPSA) is 165 Å². The van der Waals surface area contributed by atoms with Crippen molar-refractivity contribution in [2.24, 2.45) is 39.4 Å². The number of furan rings is 1. The van der Waals surface area contributed by atoms with Gasteiger partial charge in [-0.15, -0.1) is 0 Å². The zero-order valence-corrected chi connectivity index (χ0v) is 25.4.